The van der Waals surface area contributed by atoms with Crippen molar-refractivity contribution >= 4 is 27.3 Å². The largest absolute Gasteiger partial charge is 0.312 e. The number of carbonyl (C=O) groups is 1. The van der Waals surface area contributed by atoms with Gasteiger partial charge >= 0.3 is 0 Å². The van der Waals surface area contributed by atoms with Gasteiger partial charge in [0.2, 0.25) is 5.91 Å². The number of unbranched alkanes of at least 4 members (excludes halogenated alkanes) is 1. The molecule has 0 aliphatic carbocycles. The van der Waals surface area contributed by atoms with Crippen LogP contribution in [0, 0.1) is 20.8 Å². The molecule has 0 atom stereocenters. The Bertz CT molecular complexity index is 1010. The minimum absolute atomic E-state index is 0.139. The average molecular weight is 401 g/mol. The number of hydrogen-bond acceptors (Lipinski definition) is 3. The van der Waals surface area contributed by atoms with E-state index in [0.717, 1.165) is 40.8 Å². The van der Waals surface area contributed by atoms with Gasteiger partial charge in [0.1, 0.15) is 0 Å². The molecule has 0 radical (unpaired) electrons. The zero-order valence-electron chi connectivity index (χ0n) is 17.0. The Morgan fingerprint density at radius 3 is 2.43 bits per heavy atom. The Balaban J connectivity index is 1.90. The minimum atomic E-state index is -3.68. The van der Waals surface area contributed by atoms with Gasteiger partial charge in [0.25, 0.3) is 10.0 Å². The summed E-state index contributed by atoms with van der Waals surface area (Å²) in [5, 5.41) is 0. The second-order valence-corrected chi connectivity index (χ2v) is 9.20. The fraction of sp³-hybridized carbons (Fsp3) is 0.409. The number of sulfonamides is 1. The summed E-state index contributed by atoms with van der Waals surface area (Å²) >= 11 is 0. The Kier molecular flexibility index (Phi) is 5.79. The summed E-state index contributed by atoms with van der Waals surface area (Å²) in [7, 11) is -3.68. The van der Waals surface area contributed by atoms with Crippen molar-refractivity contribution in [1.82, 2.24) is 0 Å². The first kappa shape index (κ1) is 20.4. The molecule has 1 aliphatic rings. The number of amides is 1. The Morgan fingerprint density at radius 2 is 1.71 bits per heavy atom. The van der Waals surface area contributed by atoms with Crippen LogP contribution in [-0.2, 0) is 21.2 Å². The van der Waals surface area contributed by atoms with Crippen LogP contribution in [0.25, 0.3) is 0 Å². The van der Waals surface area contributed by atoms with E-state index < -0.39 is 10.0 Å². The summed E-state index contributed by atoms with van der Waals surface area (Å²) in [5.74, 6) is 0.139. The number of fused-ring (bicyclic) bond motifs is 1. The van der Waals surface area contributed by atoms with Gasteiger partial charge in [0.05, 0.1) is 4.90 Å². The van der Waals surface area contributed by atoms with Gasteiger partial charge in [0.15, 0.2) is 0 Å². The van der Waals surface area contributed by atoms with Crippen molar-refractivity contribution in [2.45, 2.75) is 58.3 Å². The van der Waals surface area contributed by atoms with Crippen LogP contribution in [0.3, 0.4) is 0 Å². The Morgan fingerprint density at radius 1 is 1.00 bits per heavy atom. The smallest absolute Gasteiger partial charge is 0.262 e. The predicted octanol–water partition coefficient (Wildman–Crippen LogP) is 4.49. The molecule has 1 amide bonds. The summed E-state index contributed by atoms with van der Waals surface area (Å²) in [6, 6.07) is 9.07. The van der Waals surface area contributed by atoms with Gasteiger partial charge < -0.3 is 4.90 Å². The highest BCUT2D eigenvalue weighted by atomic mass is 32.2. The highest BCUT2D eigenvalue weighted by molar-refractivity contribution is 7.92. The third-order valence-electron chi connectivity index (χ3n) is 5.35. The lowest BCUT2D eigenvalue weighted by molar-refractivity contribution is -0.118. The van der Waals surface area contributed by atoms with Crippen molar-refractivity contribution in [3.05, 3.63) is 52.6 Å². The van der Waals surface area contributed by atoms with Gasteiger partial charge in [-0.3, -0.25) is 9.52 Å². The highest BCUT2D eigenvalue weighted by Gasteiger charge is 2.25. The SMILES string of the molecule is CCCCN1C(=O)CCc2cc(NS(=O)(=O)c3cc(C)c(C)cc3C)ccc21. The monoisotopic (exact) mass is 400 g/mol. The molecule has 0 bridgehead atoms. The molecule has 28 heavy (non-hydrogen) atoms. The van der Waals surface area contributed by atoms with E-state index in [4.69, 9.17) is 0 Å². The molecule has 0 aromatic heterocycles. The van der Waals surface area contributed by atoms with Crippen molar-refractivity contribution in [1.29, 1.82) is 0 Å². The average Bonchev–Trinajstić information content (AvgIpc) is 2.63. The first-order chi connectivity index (χ1) is 13.2. The molecule has 0 fully saturated rings. The lowest BCUT2D eigenvalue weighted by atomic mass is 10.00. The quantitative estimate of drug-likeness (QED) is 0.777. The van der Waals surface area contributed by atoms with Crippen LogP contribution in [0.1, 0.15) is 48.4 Å². The summed E-state index contributed by atoms with van der Waals surface area (Å²) in [6.45, 7) is 8.50. The lowest BCUT2D eigenvalue weighted by Crippen LogP contribution is -2.35. The van der Waals surface area contributed by atoms with Crippen molar-refractivity contribution < 1.29 is 13.2 Å². The van der Waals surface area contributed by atoms with Gasteiger partial charge in [-0.05, 0) is 80.1 Å². The molecule has 2 aromatic carbocycles. The van der Waals surface area contributed by atoms with E-state index in [9.17, 15) is 13.2 Å². The number of nitrogens with zero attached hydrogens (tertiary/aromatic N) is 1. The number of hydrogen-bond donors (Lipinski definition) is 1. The van der Waals surface area contributed by atoms with E-state index in [1.54, 1.807) is 12.1 Å². The zero-order chi connectivity index (χ0) is 20.5. The summed E-state index contributed by atoms with van der Waals surface area (Å²) in [6.07, 6.45) is 3.07. The molecule has 2 aromatic rings. The fourth-order valence-electron chi connectivity index (χ4n) is 3.62. The van der Waals surface area contributed by atoms with E-state index in [0.29, 0.717) is 30.0 Å². The number of rotatable bonds is 6. The Labute approximate surface area is 167 Å². The molecule has 0 spiro atoms. The van der Waals surface area contributed by atoms with Crippen LogP contribution in [0.15, 0.2) is 35.2 Å². The third kappa shape index (κ3) is 4.07. The molecule has 150 valence electrons. The van der Waals surface area contributed by atoms with Crippen LogP contribution in [0.5, 0.6) is 0 Å². The topological polar surface area (TPSA) is 66.5 Å². The second-order valence-electron chi connectivity index (χ2n) is 7.55. The Hall–Kier alpha value is -2.34. The molecular weight excluding hydrogens is 372 g/mol. The number of nitrogens with one attached hydrogen (secondary N) is 1. The van der Waals surface area contributed by atoms with Crippen LogP contribution in [0.4, 0.5) is 11.4 Å². The molecule has 1 heterocycles. The molecule has 0 saturated heterocycles. The zero-order valence-corrected chi connectivity index (χ0v) is 17.8. The number of anilines is 2. The normalized spacial score (nSPS) is 14.1. The molecule has 1 N–H and O–H groups in total. The molecule has 3 rings (SSSR count). The number of carbonyl (C=O) groups excluding carboxylic acids is 1. The number of benzene rings is 2. The van der Waals surface area contributed by atoms with E-state index in [2.05, 4.69) is 11.6 Å². The predicted molar refractivity (Wildman–Crippen MR) is 113 cm³/mol. The van der Waals surface area contributed by atoms with Crippen molar-refractivity contribution in [3.63, 3.8) is 0 Å². The lowest BCUT2D eigenvalue weighted by Gasteiger charge is -2.30. The number of aryl methyl sites for hydroxylation is 4. The summed E-state index contributed by atoms with van der Waals surface area (Å²) in [5.41, 5.74) is 5.18. The molecule has 5 nitrogen and oxygen atoms in total. The maximum atomic E-state index is 12.9. The van der Waals surface area contributed by atoms with Crippen LogP contribution in [0.2, 0.25) is 0 Å². The standard InChI is InChI=1S/C22H28N2O3S/c1-5-6-11-24-20-9-8-19(14-18(20)7-10-22(24)25)23-28(26,27)21-13-16(3)15(2)12-17(21)4/h8-9,12-14,23H,5-7,10-11H2,1-4H3. The van der Waals surface area contributed by atoms with Gasteiger partial charge in [0, 0.05) is 24.3 Å². The van der Waals surface area contributed by atoms with E-state index >= 15 is 0 Å². The maximum absolute atomic E-state index is 12.9. The van der Waals surface area contributed by atoms with Gasteiger partial charge in [-0.2, -0.15) is 0 Å². The van der Waals surface area contributed by atoms with Gasteiger partial charge in [-0.1, -0.05) is 19.4 Å². The summed E-state index contributed by atoms with van der Waals surface area (Å²) < 4.78 is 28.6. The highest BCUT2D eigenvalue weighted by Crippen LogP contribution is 2.32. The minimum Gasteiger partial charge on any atom is -0.312 e. The molecular formula is C22H28N2O3S. The van der Waals surface area contributed by atoms with Crippen molar-refractivity contribution in [2.75, 3.05) is 16.2 Å². The van der Waals surface area contributed by atoms with Crippen molar-refractivity contribution in [2.24, 2.45) is 0 Å². The molecule has 0 unspecified atom stereocenters. The first-order valence-electron chi connectivity index (χ1n) is 9.77. The van der Waals surface area contributed by atoms with Gasteiger partial charge in [-0.25, -0.2) is 8.42 Å². The fourth-order valence-corrected chi connectivity index (χ4v) is 4.98. The third-order valence-corrected chi connectivity index (χ3v) is 6.87. The molecule has 6 heteroatoms. The first-order valence-corrected chi connectivity index (χ1v) is 11.2. The van der Waals surface area contributed by atoms with Crippen LogP contribution < -0.4 is 9.62 Å². The second kappa shape index (κ2) is 7.95. The molecule has 0 saturated carbocycles. The molecule has 1 aliphatic heterocycles. The van der Waals surface area contributed by atoms with Crippen LogP contribution >= 0.6 is 0 Å². The van der Waals surface area contributed by atoms with Crippen LogP contribution in [-0.4, -0.2) is 20.9 Å². The van der Waals surface area contributed by atoms with E-state index in [1.807, 2.05) is 43.9 Å². The maximum Gasteiger partial charge on any atom is 0.262 e. The van der Waals surface area contributed by atoms with Gasteiger partial charge in [-0.15, -0.1) is 0 Å². The van der Waals surface area contributed by atoms with E-state index in [-0.39, 0.29) is 5.91 Å². The van der Waals surface area contributed by atoms with Crippen molar-refractivity contribution in [3.8, 4) is 0 Å². The van der Waals surface area contributed by atoms with E-state index in [1.165, 1.54) is 0 Å². The summed E-state index contributed by atoms with van der Waals surface area (Å²) in [4.78, 5) is 14.4.